The van der Waals surface area contributed by atoms with Gasteiger partial charge in [0.25, 0.3) is 0 Å². The molecule has 3 heteroatoms. The smallest absolute Gasteiger partial charge is 0.244 e. The molecule has 0 aromatic carbocycles. The van der Waals surface area contributed by atoms with Crippen LogP contribution >= 0.6 is 11.3 Å². The Morgan fingerprint density at radius 1 is 1.44 bits per heavy atom. The van der Waals surface area contributed by atoms with E-state index < -0.39 is 0 Å². The Bertz CT molecular complexity index is 414. The number of amides is 1. The van der Waals surface area contributed by atoms with Gasteiger partial charge >= 0.3 is 0 Å². The summed E-state index contributed by atoms with van der Waals surface area (Å²) < 4.78 is 0. The van der Waals surface area contributed by atoms with Crippen LogP contribution in [0.4, 0.5) is 0 Å². The maximum atomic E-state index is 11.6. The van der Waals surface area contributed by atoms with E-state index in [-0.39, 0.29) is 11.9 Å². The lowest BCUT2D eigenvalue weighted by Gasteiger charge is -2.12. The minimum Gasteiger partial charge on any atom is -0.346 e. The van der Waals surface area contributed by atoms with Gasteiger partial charge in [-0.1, -0.05) is 5.57 Å². The van der Waals surface area contributed by atoms with Crippen molar-refractivity contribution in [1.29, 1.82) is 0 Å². The summed E-state index contributed by atoms with van der Waals surface area (Å²) in [6.45, 7) is 10.0. The van der Waals surface area contributed by atoms with Gasteiger partial charge in [0, 0.05) is 15.8 Å². The van der Waals surface area contributed by atoms with E-state index >= 15 is 0 Å². The molecule has 0 bridgehead atoms. The first-order valence-electron chi connectivity index (χ1n) is 5.42. The third-order valence-corrected chi connectivity index (χ3v) is 3.31. The van der Waals surface area contributed by atoms with Crippen molar-refractivity contribution < 1.29 is 4.79 Å². The molecule has 2 nitrogen and oxygen atoms in total. The largest absolute Gasteiger partial charge is 0.346 e. The van der Waals surface area contributed by atoms with Crippen molar-refractivity contribution in [2.24, 2.45) is 0 Å². The Labute approximate surface area is 101 Å². The number of aryl methyl sites for hydroxylation is 2. The van der Waals surface area contributed by atoms with E-state index in [1.807, 2.05) is 20.8 Å². The van der Waals surface area contributed by atoms with Crippen LogP contribution in [0.3, 0.4) is 0 Å². The van der Waals surface area contributed by atoms with Gasteiger partial charge in [0.05, 0.1) is 6.04 Å². The molecule has 1 aromatic heterocycles. The number of nitrogens with one attached hydrogen (secondary N) is 1. The van der Waals surface area contributed by atoms with E-state index in [0.717, 1.165) is 5.57 Å². The first-order chi connectivity index (χ1) is 7.40. The fraction of sp³-hybridized carbons (Fsp3) is 0.462. The summed E-state index contributed by atoms with van der Waals surface area (Å²) in [6.07, 6.45) is 1.63. The van der Waals surface area contributed by atoms with E-state index in [1.165, 1.54) is 15.3 Å². The molecule has 0 spiro atoms. The second-order valence-corrected chi connectivity index (χ2v) is 5.78. The number of hydrogen-bond acceptors (Lipinski definition) is 2. The Balaban J connectivity index is 2.73. The topological polar surface area (TPSA) is 29.1 Å². The summed E-state index contributed by atoms with van der Waals surface area (Å²) in [5.74, 6) is -0.0178. The Kier molecular flexibility index (Phi) is 4.30. The normalized spacial score (nSPS) is 12.1. The van der Waals surface area contributed by atoms with Gasteiger partial charge in [-0.25, -0.2) is 0 Å². The van der Waals surface area contributed by atoms with Gasteiger partial charge in [-0.05, 0) is 46.2 Å². The molecule has 0 saturated heterocycles. The summed E-state index contributed by atoms with van der Waals surface area (Å²) in [5.41, 5.74) is 2.24. The molecule has 1 amide bonds. The summed E-state index contributed by atoms with van der Waals surface area (Å²) in [7, 11) is 0. The number of allylic oxidation sites excluding steroid dienone is 1. The molecule has 1 N–H and O–H groups in total. The fourth-order valence-electron chi connectivity index (χ4n) is 1.68. The van der Waals surface area contributed by atoms with Crippen molar-refractivity contribution in [3.63, 3.8) is 0 Å². The first kappa shape index (κ1) is 13.0. The zero-order chi connectivity index (χ0) is 12.3. The first-order valence-corrected chi connectivity index (χ1v) is 6.24. The molecule has 16 heavy (non-hydrogen) atoms. The van der Waals surface area contributed by atoms with Crippen LogP contribution in [0.1, 0.15) is 42.1 Å². The van der Waals surface area contributed by atoms with Crippen LogP contribution in [0.25, 0.3) is 0 Å². The summed E-state index contributed by atoms with van der Waals surface area (Å²) in [5, 5.41) is 2.97. The summed E-state index contributed by atoms with van der Waals surface area (Å²) in [6, 6.07) is 2.22. The van der Waals surface area contributed by atoms with Crippen LogP contribution < -0.4 is 5.32 Å². The van der Waals surface area contributed by atoms with Crippen LogP contribution in [0.15, 0.2) is 17.7 Å². The number of carbonyl (C=O) groups is 1. The van der Waals surface area contributed by atoms with E-state index in [4.69, 9.17) is 0 Å². The molecule has 0 saturated carbocycles. The maximum absolute atomic E-state index is 11.6. The molecule has 1 heterocycles. The van der Waals surface area contributed by atoms with Crippen molar-refractivity contribution >= 4 is 17.2 Å². The number of thiophene rings is 1. The zero-order valence-corrected chi connectivity index (χ0v) is 11.4. The quantitative estimate of drug-likeness (QED) is 0.801. The molecule has 0 radical (unpaired) electrons. The number of hydrogen-bond donors (Lipinski definition) is 1. The van der Waals surface area contributed by atoms with E-state index in [1.54, 1.807) is 17.4 Å². The fourth-order valence-corrected chi connectivity index (χ4v) is 2.70. The predicted octanol–water partition coefficient (Wildman–Crippen LogP) is 3.51. The molecule has 1 aromatic rings. The van der Waals surface area contributed by atoms with E-state index in [2.05, 4.69) is 25.2 Å². The van der Waals surface area contributed by atoms with Gasteiger partial charge in [0.1, 0.15) is 0 Å². The Morgan fingerprint density at radius 3 is 2.50 bits per heavy atom. The van der Waals surface area contributed by atoms with Crippen LogP contribution in [0.5, 0.6) is 0 Å². The predicted molar refractivity (Wildman–Crippen MR) is 69.8 cm³/mol. The van der Waals surface area contributed by atoms with E-state index in [9.17, 15) is 4.79 Å². The van der Waals surface area contributed by atoms with Crippen LogP contribution in [0, 0.1) is 13.8 Å². The SMILES string of the molecule is CC(C)=CC(=O)N[C@H](C)c1cc(C)sc1C. The van der Waals surface area contributed by atoms with Crippen molar-refractivity contribution in [3.8, 4) is 0 Å². The number of rotatable bonds is 3. The molecule has 0 aliphatic carbocycles. The van der Waals surface area contributed by atoms with Crippen molar-refractivity contribution in [2.75, 3.05) is 0 Å². The van der Waals surface area contributed by atoms with Gasteiger partial charge in [0.2, 0.25) is 5.91 Å². The zero-order valence-electron chi connectivity index (χ0n) is 10.5. The highest BCUT2D eigenvalue weighted by Crippen LogP contribution is 2.25. The summed E-state index contributed by atoms with van der Waals surface area (Å²) in [4.78, 5) is 14.1. The van der Waals surface area contributed by atoms with Crippen molar-refractivity contribution in [1.82, 2.24) is 5.32 Å². The second-order valence-electron chi connectivity index (χ2n) is 4.32. The molecular formula is C13H19NOS. The average molecular weight is 237 g/mol. The lowest BCUT2D eigenvalue weighted by molar-refractivity contribution is -0.117. The molecule has 0 fully saturated rings. The molecule has 1 rings (SSSR count). The third-order valence-electron chi connectivity index (χ3n) is 2.32. The number of carbonyl (C=O) groups excluding carboxylic acids is 1. The highest BCUT2D eigenvalue weighted by Gasteiger charge is 2.12. The monoisotopic (exact) mass is 237 g/mol. The molecule has 0 aliphatic rings. The van der Waals surface area contributed by atoms with Gasteiger partial charge in [-0.15, -0.1) is 11.3 Å². The maximum Gasteiger partial charge on any atom is 0.244 e. The minimum atomic E-state index is -0.0178. The summed E-state index contributed by atoms with van der Waals surface area (Å²) >= 11 is 1.77. The lowest BCUT2D eigenvalue weighted by Crippen LogP contribution is -2.25. The highest BCUT2D eigenvalue weighted by atomic mass is 32.1. The van der Waals surface area contributed by atoms with Crippen LogP contribution in [0.2, 0.25) is 0 Å². The lowest BCUT2D eigenvalue weighted by atomic mass is 10.1. The molecule has 1 atom stereocenters. The molecular weight excluding hydrogens is 218 g/mol. The van der Waals surface area contributed by atoms with Gasteiger partial charge < -0.3 is 5.32 Å². The third kappa shape index (κ3) is 3.49. The molecule has 88 valence electrons. The standard InChI is InChI=1S/C13H19NOS/c1-8(2)6-13(15)14-10(4)12-7-9(3)16-11(12)5/h6-7,10H,1-5H3,(H,14,15)/t10-/m1/s1. The Morgan fingerprint density at radius 2 is 2.06 bits per heavy atom. The van der Waals surface area contributed by atoms with Gasteiger partial charge in [-0.3, -0.25) is 4.79 Å². The molecule has 0 unspecified atom stereocenters. The van der Waals surface area contributed by atoms with Gasteiger partial charge in [0.15, 0.2) is 0 Å². The van der Waals surface area contributed by atoms with E-state index in [0.29, 0.717) is 0 Å². The van der Waals surface area contributed by atoms with Crippen molar-refractivity contribution in [2.45, 2.75) is 40.7 Å². The molecule has 0 aliphatic heterocycles. The van der Waals surface area contributed by atoms with Crippen LogP contribution in [-0.2, 0) is 4.79 Å². The van der Waals surface area contributed by atoms with Gasteiger partial charge in [-0.2, -0.15) is 0 Å². The van der Waals surface area contributed by atoms with Crippen molar-refractivity contribution in [3.05, 3.63) is 33.0 Å². The Hall–Kier alpha value is -1.09. The minimum absolute atomic E-state index is 0.0178. The highest BCUT2D eigenvalue weighted by molar-refractivity contribution is 7.12. The average Bonchev–Trinajstić information content (AvgIpc) is 2.43. The second kappa shape index (κ2) is 5.30. The van der Waals surface area contributed by atoms with Crippen LogP contribution in [-0.4, -0.2) is 5.91 Å².